The quantitative estimate of drug-likeness (QED) is 0.771. The van der Waals surface area contributed by atoms with Gasteiger partial charge in [-0.05, 0) is 44.9 Å². The van der Waals surface area contributed by atoms with Crippen molar-refractivity contribution < 1.29 is 4.79 Å². The first-order chi connectivity index (χ1) is 7.50. The van der Waals surface area contributed by atoms with E-state index in [0.717, 1.165) is 37.8 Å². The Bertz CT molecular complexity index is 226. The lowest BCUT2D eigenvalue weighted by atomic mass is 9.89. The van der Waals surface area contributed by atoms with E-state index in [2.05, 4.69) is 19.2 Å². The summed E-state index contributed by atoms with van der Waals surface area (Å²) in [5.74, 6) is 1.53. The maximum atomic E-state index is 11.9. The van der Waals surface area contributed by atoms with Gasteiger partial charge in [0.1, 0.15) is 0 Å². The van der Waals surface area contributed by atoms with E-state index in [1.807, 2.05) is 18.7 Å². The zero-order valence-electron chi connectivity index (χ0n) is 11.1. The van der Waals surface area contributed by atoms with E-state index in [-0.39, 0.29) is 12.1 Å². The molecule has 0 aromatic heterocycles. The minimum absolute atomic E-state index is 0.111. The molecule has 1 heterocycles. The summed E-state index contributed by atoms with van der Waals surface area (Å²) in [6.45, 7) is 10.4. The molecule has 0 radical (unpaired) electrons. The fourth-order valence-corrected chi connectivity index (χ4v) is 2.33. The monoisotopic (exact) mass is 226 g/mol. The number of carbonyl (C=O) groups excluding carboxylic acids is 1. The molecule has 1 saturated heterocycles. The fourth-order valence-electron chi connectivity index (χ4n) is 2.33. The van der Waals surface area contributed by atoms with Crippen molar-refractivity contribution in [1.82, 2.24) is 10.2 Å². The Balaban J connectivity index is 2.43. The average molecular weight is 226 g/mol. The van der Waals surface area contributed by atoms with E-state index >= 15 is 0 Å². The first-order valence-electron chi connectivity index (χ1n) is 6.56. The summed E-state index contributed by atoms with van der Waals surface area (Å²) in [7, 11) is 0. The second kappa shape index (κ2) is 6.12. The number of nitrogens with zero attached hydrogens (tertiary/aromatic N) is 1. The minimum Gasteiger partial charge on any atom is -0.336 e. The van der Waals surface area contributed by atoms with Crippen LogP contribution in [-0.2, 0) is 0 Å². The molecule has 1 N–H and O–H groups in total. The Labute approximate surface area is 99.6 Å². The molecule has 2 amide bonds. The van der Waals surface area contributed by atoms with Crippen LogP contribution in [-0.4, -0.2) is 30.1 Å². The fraction of sp³-hybridized carbons (Fsp3) is 0.923. The van der Waals surface area contributed by atoms with Gasteiger partial charge in [-0.1, -0.05) is 13.8 Å². The molecule has 16 heavy (non-hydrogen) atoms. The number of amides is 2. The molecule has 1 aliphatic heterocycles. The Morgan fingerprint density at radius 3 is 2.44 bits per heavy atom. The number of hydrogen-bond donors (Lipinski definition) is 1. The van der Waals surface area contributed by atoms with Crippen LogP contribution in [0.3, 0.4) is 0 Å². The van der Waals surface area contributed by atoms with Crippen molar-refractivity contribution in [3.8, 4) is 0 Å². The van der Waals surface area contributed by atoms with Crippen LogP contribution in [0.15, 0.2) is 0 Å². The van der Waals surface area contributed by atoms with Gasteiger partial charge in [0, 0.05) is 19.1 Å². The van der Waals surface area contributed by atoms with E-state index in [4.69, 9.17) is 0 Å². The number of carbonyl (C=O) groups is 1. The van der Waals surface area contributed by atoms with Crippen molar-refractivity contribution >= 4 is 6.03 Å². The lowest BCUT2D eigenvalue weighted by Gasteiger charge is -2.23. The number of rotatable bonds is 2. The molecule has 0 aromatic carbocycles. The summed E-state index contributed by atoms with van der Waals surface area (Å²) in [6, 6.07) is 0.344. The second-order valence-electron chi connectivity index (χ2n) is 5.53. The Morgan fingerprint density at radius 2 is 1.88 bits per heavy atom. The third-order valence-corrected chi connectivity index (χ3v) is 3.41. The predicted molar refractivity (Wildman–Crippen MR) is 67.4 cm³/mol. The van der Waals surface area contributed by atoms with E-state index in [1.54, 1.807) is 0 Å². The van der Waals surface area contributed by atoms with Crippen LogP contribution in [0.25, 0.3) is 0 Å². The smallest absolute Gasteiger partial charge is 0.317 e. The molecule has 1 unspecified atom stereocenters. The second-order valence-corrected chi connectivity index (χ2v) is 5.53. The lowest BCUT2D eigenvalue weighted by molar-refractivity contribution is 0.196. The van der Waals surface area contributed by atoms with Gasteiger partial charge in [-0.25, -0.2) is 4.79 Å². The van der Waals surface area contributed by atoms with Gasteiger partial charge >= 0.3 is 6.03 Å². The van der Waals surface area contributed by atoms with Gasteiger partial charge in [0.25, 0.3) is 0 Å². The summed E-state index contributed by atoms with van der Waals surface area (Å²) >= 11 is 0. The van der Waals surface area contributed by atoms with Crippen molar-refractivity contribution in [3.63, 3.8) is 0 Å². The number of likely N-dealkylation sites (tertiary alicyclic amines) is 1. The molecule has 0 spiro atoms. The lowest BCUT2D eigenvalue weighted by Crippen LogP contribution is -2.43. The highest BCUT2D eigenvalue weighted by Crippen LogP contribution is 2.24. The Kier molecular flexibility index (Phi) is 5.10. The zero-order chi connectivity index (χ0) is 12.1. The number of nitrogens with one attached hydrogen (secondary N) is 1. The molecule has 1 rings (SSSR count). The van der Waals surface area contributed by atoms with Crippen molar-refractivity contribution in [2.24, 2.45) is 11.8 Å². The number of hydrogen-bond acceptors (Lipinski definition) is 1. The van der Waals surface area contributed by atoms with Gasteiger partial charge in [0.15, 0.2) is 0 Å². The molecule has 0 bridgehead atoms. The minimum atomic E-state index is 0.111. The van der Waals surface area contributed by atoms with E-state index in [1.165, 1.54) is 6.42 Å². The Morgan fingerprint density at radius 1 is 1.19 bits per heavy atom. The van der Waals surface area contributed by atoms with Gasteiger partial charge in [0.2, 0.25) is 0 Å². The summed E-state index contributed by atoms with van der Waals surface area (Å²) in [5.41, 5.74) is 0. The third-order valence-electron chi connectivity index (χ3n) is 3.41. The van der Waals surface area contributed by atoms with Crippen LogP contribution in [0.4, 0.5) is 4.79 Å². The van der Waals surface area contributed by atoms with Crippen LogP contribution in [0.5, 0.6) is 0 Å². The topological polar surface area (TPSA) is 32.3 Å². The first kappa shape index (κ1) is 13.3. The van der Waals surface area contributed by atoms with Crippen molar-refractivity contribution in [1.29, 1.82) is 0 Å². The van der Waals surface area contributed by atoms with Crippen molar-refractivity contribution in [3.05, 3.63) is 0 Å². The highest BCUT2D eigenvalue weighted by molar-refractivity contribution is 5.74. The van der Waals surface area contributed by atoms with Crippen LogP contribution >= 0.6 is 0 Å². The molecule has 3 nitrogen and oxygen atoms in total. The van der Waals surface area contributed by atoms with Crippen LogP contribution in [0.1, 0.15) is 47.0 Å². The largest absolute Gasteiger partial charge is 0.336 e. The van der Waals surface area contributed by atoms with E-state index in [0.29, 0.717) is 0 Å². The standard InChI is InChI=1S/C13H26N2O/c1-10(2)12-6-5-8-15(9-7-12)13(16)14-11(3)4/h10-12H,5-9H2,1-4H3,(H,14,16). The summed E-state index contributed by atoms with van der Waals surface area (Å²) in [6.07, 6.45) is 3.57. The molecular formula is C13H26N2O. The van der Waals surface area contributed by atoms with Gasteiger partial charge in [-0.3, -0.25) is 0 Å². The Hall–Kier alpha value is -0.730. The average Bonchev–Trinajstić information content (AvgIpc) is 2.41. The van der Waals surface area contributed by atoms with Crippen LogP contribution in [0.2, 0.25) is 0 Å². The van der Waals surface area contributed by atoms with E-state index in [9.17, 15) is 4.79 Å². The molecule has 3 heteroatoms. The summed E-state index contributed by atoms with van der Waals surface area (Å²) in [5, 5.41) is 2.97. The molecule has 1 aliphatic rings. The summed E-state index contributed by atoms with van der Waals surface area (Å²) in [4.78, 5) is 13.8. The van der Waals surface area contributed by atoms with Gasteiger partial charge < -0.3 is 10.2 Å². The van der Waals surface area contributed by atoms with Crippen molar-refractivity contribution in [2.75, 3.05) is 13.1 Å². The molecule has 0 aromatic rings. The third kappa shape index (κ3) is 4.03. The van der Waals surface area contributed by atoms with Gasteiger partial charge in [-0.2, -0.15) is 0 Å². The summed E-state index contributed by atoms with van der Waals surface area (Å²) < 4.78 is 0. The van der Waals surface area contributed by atoms with Gasteiger partial charge in [0.05, 0.1) is 0 Å². The van der Waals surface area contributed by atoms with Crippen LogP contribution < -0.4 is 5.32 Å². The molecule has 1 fully saturated rings. The number of urea groups is 1. The van der Waals surface area contributed by atoms with Crippen LogP contribution in [0, 0.1) is 11.8 Å². The van der Waals surface area contributed by atoms with Gasteiger partial charge in [-0.15, -0.1) is 0 Å². The maximum Gasteiger partial charge on any atom is 0.317 e. The molecule has 1 atom stereocenters. The molecular weight excluding hydrogens is 200 g/mol. The first-order valence-corrected chi connectivity index (χ1v) is 6.56. The SMILES string of the molecule is CC(C)NC(=O)N1CCCC(C(C)C)CC1. The molecule has 94 valence electrons. The zero-order valence-corrected chi connectivity index (χ0v) is 11.1. The highest BCUT2D eigenvalue weighted by atomic mass is 16.2. The van der Waals surface area contributed by atoms with Crippen molar-refractivity contribution in [2.45, 2.75) is 53.0 Å². The predicted octanol–water partition coefficient (Wildman–Crippen LogP) is 2.86. The highest BCUT2D eigenvalue weighted by Gasteiger charge is 2.22. The van der Waals surface area contributed by atoms with E-state index < -0.39 is 0 Å². The maximum absolute atomic E-state index is 11.9. The normalized spacial score (nSPS) is 22.4. The molecule has 0 aliphatic carbocycles. The molecule has 0 saturated carbocycles.